The molecule has 1 spiro atoms. The van der Waals surface area contributed by atoms with Crippen molar-refractivity contribution in [3.8, 4) is 5.75 Å². The second kappa shape index (κ2) is 9.15. The maximum absolute atomic E-state index is 12.8. The smallest absolute Gasteiger partial charge is 0.410 e. The standard InChI is InChI=1S/C24H30N2O7/c1-23(2,3)32-22(29)26-14-24(15-26)13-18(27)17-12-16(7-9-19(17)31-24)8-10-20(28)25-33-21-6-4-5-11-30-21/h7-10,12,21H,4-6,11,13-15H2,1-3H3,(H,25,28)/b10-8+. The van der Waals surface area contributed by atoms with Crippen molar-refractivity contribution >= 4 is 23.9 Å². The molecular formula is C24H30N2O7. The van der Waals surface area contributed by atoms with Gasteiger partial charge in [0.15, 0.2) is 17.7 Å². The van der Waals surface area contributed by atoms with Crippen molar-refractivity contribution in [1.29, 1.82) is 0 Å². The van der Waals surface area contributed by atoms with Crippen LogP contribution in [-0.4, -0.2) is 59.9 Å². The molecule has 1 aromatic rings. The van der Waals surface area contributed by atoms with Gasteiger partial charge in [0, 0.05) is 19.1 Å². The third kappa shape index (κ3) is 5.72. The molecule has 0 aliphatic carbocycles. The third-order valence-corrected chi connectivity index (χ3v) is 5.58. The second-order valence-corrected chi connectivity index (χ2v) is 9.69. The van der Waals surface area contributed by atoms with Gasteiger partial charge in [-0.2, -0.15) is 0 Å². The highest BCUT2D eigenvalue weighted by Gasteiger charge is 2.52. The molecule has 2 amide bonds. The highest BCUT2D eigenvalue weighted by atomic mass is 16.8. The number of hydrogen-bond acceptors (Lipinski definition) is 7. The van der Waals surface area contributed by atoms with Crippen LogP contribution < -0.4 is 10.2 Å². The molecular weight excluding hydrogens is 428 g/mol. The molecule has 1 N–H and O–H groups in total. The highest BCUT2D eigenvalue weighted by Crippen LogP contribution is 2.39. The summed E-state index contributed by atoms with van der Waals surface area (Å²) >= 11 is 0. The minimum Gasteiger partial charge on any atom is -0.482 e. The van der Waals surface area contributed by atoms with Crippen LogP contribution in [0.4, 0.5) is 4.79 Å². The van der Waals surface area contributed by atoms with Gasteiger partial charge in [-0.25, -0.2) is 15.1 Å². The number of carbonyl (C=O) groups excluding carboxylic acids is 3. The summed E-state index contributed by atoms with van der Waals surface area (Å²) in [5.41, 5.74) is 2.23. The number of nitrogens with one attached hydrogen (secondary N) is 1. The van der Waals surface area contributed by atoms with E-state index in [4.69, 9.17) is 19.0 Å². The van der Waals surface area contributed by atoms with Gasteiger partial charge in [-0.1, -0.05) is 6.07 Å². The lowest BCUT2D eigenvalue weighted by Gasteiger charge is -2.50. The molecule has 0 radical (unpaired) electrons. The molecule has 1 aromatic carbocycles. The summed E-state index contributed by atoms with van der Waals surface area (Å²) in [6, 6.07) is 5.18. The van der Waals surface area contributed by atoms with E-state index in [-0.39, 0.29) is 12.2 Å². The van der Waals surface area contributed by atoms with E-state index < -0.39 is 29.5 Å². The predicted molar refractivity (Wildman–Crippen MR) is 118 cm³/mol. The van der Waals surface area contributed by atoms with Crippen molar-refractivity contribution in [3.63, 3.8) is 0 Å². The summed E-state index contributed by atoms with van der Waals surface area (Å²) in [5, 5.41) is 0. The Morgan fingerprint density at radius 1 is 1.24 bits per heavy atom. The summed E-state index contributed by atoms with van der Waals surface area (Å²) in [5.74, 6) is 0.00664. The summed E-state index contributed by atoms with van der Waals surface area (Å²) in [4.78, 5) is 43.8. The first-order valence-electron chi connectivity index (χ1n) is 11.2. The van der Waals surface area contributed by atoms with E-state index in [0.717, 1.165) is 19.3 Å². The van der Waals surface area contributed by atoms with Gasteiger partial charge >= 0.3 is 6.09 Å². The zero-order chi connectivity index (χ0) is 23.6. The molecule has 33 heavy (non-hydrogen) atoms. The summed E-state index contributed by atoms with van der Waals surface area (Å²) in [6.45, 7) is 6.67. The largest absolute Gasteiger partial charge is 0.482 e. The Balaban J connectivity index is 1.32. The first-order chi connectivity index (χ1) is 15.6. The zero-order valence-corrected chi connectivity index (χ0v) is 19.2. The molecule has 0 bridgehead atoms. The molecule has 0 aromatic heterocycles. The number of amides is 2. The van der Waals surface area contributed by atoms with Crippen LogP contribution in [0.2, 0.25) is 0 Å². The quantitative estimate of drug-likeness (QED) is 0.546. The van der Waals surface area contributed by atoms with Crippen LogP contribution in [0.5, 0.6) is 5.75 Å². The van der Waals surface area contributed by atoms with Crippen molar-refractivity contribution in [1.82, 2.24) is 10.4 Å². The molecule has 9 heteroatoms. The minimum absolute atomic E-state index is 0.0578. The molecule has 3 aliphatic rings. The molecule has 0 saturated carbocycles. The van der Waals surface area contributed by atoms with Gasteiger partial charge in [-0.05, 0) is 57.4 Å². The van der Waals surface area contributed by atoms with Gasteiger partial charge in [0.2, 0.25) is 0 Å². The SMILES string of the molecule is CC(C)(C)OC(=O)N1CC2(CC(=O)c3cc(/C=C/C(=O)NOC4CCCCO4)ccc3O2)C1. The Kier molecular flexibility index (Phi) is 6.45. The number of hydrogen-bond donors (Lipinski definition) is 1. The van der Waals surface area contributed by atoms with Crippen molar-refractivity contribution in [2.24, 2.45) is 0 Å². The summed E-state index contributed by atoms with van der Waals surface area (Å²) < 4.78 is 16.9. The maximum atomic E-state index is 12.8. The number of hydroxylamine groups is 1. The van der Waals surface area contributed by atoms with E-state index in [2.05, 4.69) is 5.48 Å². The molecule has 4 rings (SSSR count). The molecule has 9 nitrogen and oxygen atoms in total. The number of nitrogens with zero attached hydrogens (tertiary/aromatic N) is 1. The molecule has 1 atom stereocenters. The molecule has 2 fully saturated rings. The van der Waals surface area contributed by atoms with Gasteiger partial charge in [-0.15, -0.1) is 0 Å². The van der Waals surface area contributed by atoms with Crippen molar-refractivity contribution in [2.75, 3.05) is 19.7 Å². The maximum Gasteiger partial charge on any atom is 0.410 e. The Bertz CT molecular complexity index is 954. The Morgan fingerprint density at radius 2 is 2.03 bits per heavy atom. The Morgan fingerprint density at radius 3 is 2.73 bits per heavy atom. The minimum atomic E-state index is -0.712. The van der Waals surface area contributed by atoms with Crippen LogP contribution in [0, 0.1) is 0 Å². The number of likely N-dealkylation sites (tertiary alicyclic amines) is 1. The number of fused-ring (bicyclic) bond motifs is 1. The van der Waals surface area contributed by atoms with Gasteiger partial charge in [0.1, 0.15) is 11.4 Å². The highest BCUT2D eigenvalue weighted by molar-refractivity contribution is 6.01. The van der Waals surface area contributed by atoms with E-state index in [1.165, 1.54) is 6.08 Å². The normalized spacial score (nSPS) is 21.8. The average molecular weight is 459 g/mol. The number of carbonyl (C=O) groups is 3. The second-order valence-electron chi connectivity index (χ2n) is 9.69. The van der Waals surface area contributed by atoms with Crippen molar-refractivity contribution in [3.05, 3.63) is 35.4 Å². The lowest BCUT2D eigenvalue weighted by Crippen LogP contribution is -2.68. The number of ketones is 1. The molecule has 2 saturated heterocycles. The first-order valence-corrected chi connectivity index (χ1v) is 11.2. The zero-order valence-electron chi connectivity index (χ0n) is 19.2. The van der Waals surface area contributed by atoms with Crippen LogP contribution in [0.15, 0.2) is 24.3 Å². The van der Waals surface area contributed by atoms with E-state index in [0.29, 0.717) is 36.6 Å². The van der Waals surface area contributed by atoms with Crippen molar-refractivity contribution < 1.29 is 33.4 Å². The lowest BCUT2D eigenvalue weighted by atomic mass is 9.83. The number of benzene rings is 1. The van der Waals surface area contributed by atoms with Crippen LogP contribution >= 0.6 is 0 Å². The van der Waals surface area contributed by atoms with Crippen LogP contribution in [-0.2, 0) is 19.1 Å². The number of ether oxygens (including phenoxy) is 3. The first kappa shape index (κ1) is 23.3. The fourth-order valence-corrected chi connectivity index (χ4v) is 4.03. The van der Waals surface area contributed by atoms with Gasteiger partial charge < -0.3 is 14.2 Å². The Labute approximate surface area is 192 Å². The topological polar surface area (TPSA) is 103 Å². The van der Waals surface area contributed by atoms with Gasteiger partial charge in [-0.3, -0.25) is 14.5 Å². The molecule has 3 aliphatic heterocycles. The van der Waals surface area contributed by atoms with E-state index in [9.17, 15) is 14.4 Å². The van der Waals surface area contributed by atoms with Gasteiger partial charge in [0.05, 0.1) is 25.1 Å². The summed E-state index contributed by atoms with van der Waals surface area (Å²) in [7, 11) is 0. The van der Waals surface area contributed by atoms with E-state index in [1.54, 1.807) is 29.2 Å². The van der Waals surface area contributed by atoms with Crippen LogP contribution in [0.3, 0.4) is 0 Å². The number of rotatable bonds is 4. The third-order valence-electron chi connectivity index (χ3n) is 5.58. The van der Waals surface area contributed by atoms with Crippen LogP contribution in [0.25, 0.3) is 6.08 Å². The van der Waals surface area contributed by atoms with Crippen molar-refractivity contribution in [2.45, 2.75) is 63.9 Å². The molecule has 178 valence electrons. The Hall–Kier alpha value is -2.91. The lowest BCUT2D eigenvalue weighted by molar-refractivity contribution is -0.198. The molecule has 3 heterocycles. The fraction of sp³-hybridized carbons (Fsp3) is 0.542. The van der Waals surface area contributed by atoms with E-state index in [1.807, 2.05) is 20.8 Å². The summed E-state index contributed by atoms with van der Waals surface area (Å²) in [6.07, 6.45) is 5.04. The van der Waals surface area contributed by atoms with Gasteiger partial charge in [0.25, 0.3) is 5.91 Å². The van der Waals surface area contributed by atoms with Crippen LogP contribution in [0.1, 0.15) is 62.4 Å². The predicted octanol–water partition coefficient (Wildman–Crippen LogP) is 3.23. The van der Waals surface area contributed by atoms with E-state index >= 15 is 0 Å². The number of Topliss-reactive ketones (excluding diaryl/α,β-unsaturated/α-hetero) is 1. The fourth-order valence-electron chi connectivity index (χ4n) is 4.03. The molecule has 1 unspecified atom stereocenters. The monoisotopic (exact) mass is 458 g/mol. The average Bonchev–Trinajstić information content (AvgIpc) is 2.74.